The summed E-state index contributed by atoms with van der Waals surface area (Å²) in [4.78, 5) is 11.5. The molecular weight excluding hydrogens is 202 g/mol. The number of aliphatic hydroxyl groups is 1. The van der Waals surface area contributed by atoms with Gasteiger partial charge in [-0.25, -0.2) is 0 Å². The fourth-order valence-electron chi connectivity index (χ4n) is 3.11. The average molecular weight is 227 g/mol. The van der Waals surface area contributed by atoms with E-state index < -0.39 is 5.60 Å². The van der Waals surface area contributed by atoms with Crippen molar-refractivity contribution in [2.75, 3.05) is 7.05 Å². The second kappa shape index (κ2) is 5.17. The van der Waals surface area contributed by atoms with Crippen LogP contribution in [0.2, 0.25) is 0 Å². The molecule has 1 amide bonds. The molecule has 0 spiro atoms. The molecule has 0 aliphatic heterocycles. The monoisotopic (exact) mass is 227 g/mol. The van der Waals surface area contributed by atoms with Gasteiger partial charge in [0.05, 0.1) is 12.0 Å². The fourth-order valence-corrected chi connectivity index (χ4v) is 3.11. The summed E-state index contributed by atoms with van der Waals surface area (Å²) in [5.74, 6) is 1.15. The summed E-state index contributed by atoms with van der Waals surface area (Å²) in [7, 11) is 1.63. The third-order valence-corrected chi connectivity index (χ3v) is 3.91. The zero-order valence-corrected chi connectivity index (χ0v) is 10.9. The van der Waals surface area contributed by atoms with Crippen molar-refractivity contribution in [2.24, 2.45) is 17.8 Å². The first-order valence-electron chi connectivity index (χ1n) is 6.32. The van der Waals surface area contributed by atoms with Crippen molar-refractivity contribution in [3.8, 4) is 0 Å². The Morgan fingerprint density at radius 1 is 1.50 bits per heavy atom. The Labute approximate surface area is 98.6 Å². The van der Waals surface area contributed by atoms with Gasteiger partial charge in [-0.05, 0) is 30.6 Å². The molecule has 3 nitrogen and oxygen atoms in total. The van der Waals surface area contributed by atoms with Gasteiger partial charge in [0.1, 0.15) is 0 Å². The summed E-state index contributed by atoms with van der Waals surface area (Å²) >= 11 is 0. The number of carbonyl (C=O) groups is 1. The molecule has 0 saturated heterocycles. The van der Waals surface area contributed by atoms with Crippen molar-refractivity contribution < 1.29 is 9.90 Å². The normalized spacial score (nSPS) is 35.1. The second-order valence-corrected chi connectivity index (χ2v) is 5.69. The van der Waals surface area contributed by atoms with E-state index >= 15 is 0 Å². The number of rotatable bonds is 3. The molecule has 0 bridgehead atoms. The zero-order chi connectivity index (χ0) is 12.3. The van der Waals surface area contributed by atoms with Crippen LogP contribution in [0, 0.1) is 17.8 Å². The second-order valence-electron chi connectivity index (χ2n) is 5.69. The van der Waals surface area contributed by atoms with Crippen LogP contribution in [-0.4, -0.2) is 23.7 Å². The molecular formula is C13H25NO2. The number of hydrogen-bond acceptors (Lipinski definition) is 2. The quantitative estimate of drug-likeness (QED) is 0.774. The van der Waals surface area contributed by atoms with E-state index in [0.717, 1.165) is 12.8 Å². The maximum absolute atomic E-state index is 11.5. The van der Waals surface area contributed by atoms with Crippen molar-refractivity contribution in [3.63, 3.8) is 0 Å². The molecule has 3 unspecified atom stereocenters. The third kappa shape index (κ3) is 2.97. The van der Waals surface area contributed by atoms with Crippen LogP contribution in [0.1, 0.15) is 46.5 Å². The minimum absolute atomic E-state index is 0.0535. The first kappa shape index (κ1) is 13.5. The highest BCUT2D eigenvalue weighted by atomic mass is 16.3. The van der Waals surface area contributed by atoms with E-state index in [1.807, 2.05) is 0 Å². The van der Waals surface area contributed by atoms with E-state index in [9.17, 15) is 9.90 Å². The van der Waals surface area contributed by atoms with Crippen molar-refractivity contribution in [2.45, 2.75) is 52.1 Å². The Hall–Kier alpha value is -0.570. The Bertz CT molecular complexity index is 252. The molecule has 3 atom stereocenters. The molecule has 0 aromatic rings. The number of nitrogens with one attached hydrogen (secondary N) is 1. The molecule has 0 aromatic carbocycles. The molecule has 1 rings (SSSR count). The van der Waals surface area contributed by atoms with Gasteiger partial charge in [0.15, 0.2) is 0 Å². The summed E-state index contributed by atoms with van der Waals surface area (Å²) in [5, 5.41) is 13.3. The van der Waals surface area contributed by atoms with E-state index in [1.54, 1.807) is 7.05 Å². The maximum Gasteiger partial charge on any atom is 0.222 e. The zero-order valence-electron chi connectivity index (χ0n) is 10.9. The maximum atomic E-state index is 11.5. The summed E-state index contributed by atoms with van der Waals surface area (Å²) in [6.45, 7) is 6.43. The molecule has 0 aromatic heterocycles. The van der Waals surface area contributed by atoms with Gasteiger partial charge in [0, 0.05) is 7.05 Å². The molecule has 94 valence electrons. The van der Waals surface area contributed by atoms with Gasteiger partial charge in [0.2, 0.25) is 5.91 Å². The summed E-state index contributed by atoms with van der Waals surface area (Å²) in [6.07, 6.45) is 3.20. The molecule has 0 heterocycles. The van der Waals surface area contributed by atoms with E-state index in [0.29, 0.717) is 11.8 Å². The minimum Gasteiger partial charge on any atom is -0.389 e. The van der Waals surface area contributed by atoms with Gasteiger partial charge in [-0.2, -0.15) is 0 Å². The van der Waals surface area contributed by atoms with E-state index in [1.165, 1.54) is 6.42 Å². The summed E-state index contributed by atoms with van der Waals surface area (Å²) in [6, 6.07) is 0. The molecule has 16 heavy (non-hydrogen) atoms. The highest BCUT2D eigenvalue weighted by Crippen LogP contribution is 2.42. The van der Waals surface area contributed by atoms with Gasteiger partial charge in [-0.1, -0.05) is 27.2 Å². The van der Waals surface area contributed by atoms with Gasteiger partial charge in [-0.3, -0.25) is 4.79 Å². The fraction of sp³-hybridized carbons (Fsp3) is 0.923. The predicted octanol–water partition coefficient (Wildman–Crippen LogP) is 1.95. The average Bonchev–Trinajstić information content (AvgIpc) is 2.15. The molecule has 1 aliphatic carbocycles. The van der Waals surface area contributed by atoms with Crippen LogP contribution in [0.5, 0.6) is 0 Å². The van der Waals surface area contributed by atoms with Crippen molar-refractivity contribution >= 4 is 5.91 Å². The van der Waals surface area contributed by atoms with Crippen LogP contribution in [0.4, 0.5) is 0 Å². The van der Waals surface area contributed by atoms with Crippen LogP contribution >= 0.6 is 0 Å². The predicted molar refractivity (Wildman–Crippen MR) is 65.0 cm³/mol. The lowest BCUT2D eigenvalue weighted by Crippen LogP contribution is -2.48. The van der Waals surface area contributed by atoms with Crippen LogP contribution in [-0.2, 0) is 4.79 Å². The lowest BCUT2D eigenvalue weighted by molar-refractivity contribution is -0.134. The van der Waals surface area contributed by atoms with E-state index in [2.05, 4.69) is 26.1 Å². The van der Waals surface area contributed by atoms with Crippen LogP contribution in [0.3, 0.4) is 0 Å². The Morgan fingerprint density at radius 3 is 2.62 bits per heavy atom. The Kier molecular flexibility index (Phi) is 4.36. The Morgan fingerprint density at radius 2 is 2.12 bits per heavy atom. The molecule has 2 N–H and O–H groups in total. The number of hydrogen-bond donors (Lipinski definition) is 2. The highest BCUT2D eigenvalue weighted by molar-refractivity contribution is 5.76. The van der Waals surface area contributed by atoms with Crippen molar-refractivity contribution in [3.05, 3.63) is 0 Å². The standard InChI is InChI=1S/C13H25NO2/c1-9(2)11-6-5-10(3)7-13(11,16)8-12(15)14-4/h9-11,16H,5-8H2,1-4H3,(H,14,15). The number of carbonyl (C=O) groups excluding carboxylic acids is 1. The summed E-state index contributed by atoms with van der Waals surface area (Å²) in [5.41, 5.74) is -0.800. The molecule has 1 aliphatic rings. The third-order valence-electron chi connectivity index (χ3n) is 3.91. The van der Waals surface area contributed by atoms with Crippen LogP contribution in [0.25, 0.3) is 0 Å². The first-order chi connectivity index (χ1) is 7.39. The van der Waals surface area contributed by atoms with Gasteiger partial charge in [-0.15, -0.1) is 0 Å². The van der Waals surface area contributed by atoms with E-state index in [-0.39, 0.29) is 18.2 Å². The lowest BCUT2D eigenvalue weighted by atomic mass is 9.65. The van der Waals surface area contributed by atoms with Gasteiger partial charge in [0.25, 0.3) is 0 Å². The summed E-state index contributed by atoms with van der Waals surface area (Å²) < 4.78 is 0. The van der Waals surface area contributed by atoms with Crippen LogP contribution < -0.4 is 5.32 Å². The molecule has 0 radical (unpaired) electrons. The Balaban J connectivity index is 2.79. The molecule has 3 heteroatoms. The smallest absolute Gasteiger partial charge is 0.222 e. The lowest BCUT2D eigenvalue weighted by Gasteiger charge is -2.44. The van der Waals surface area contributed by atoms with Crippen LogP contribution in [0.15, 0.2) is 0 Å². The largest absolute Gasteiger partial charge is 0.389 e. The minimum atomic E-state index is -0.800. The van der Waals surface area contributed by atoms with Crippen molar-refractivity contribution in [1.82, 2.24) is 5.32 Å². The molecule has 1 saturated carbocycles. The van der Waals surface area contributed by atoms with Gasteiger partial charge < -0.3 is 10.4 Å². The SMILES string of the molecule is CNC(=O)CC1(O)CC(C)CCC1C(C)C. The molecule has 1 fully saturated rings. The highest BCUT2D eigenvalue weighted by Gasteiger charge is 2.43. The van der Waals surface area contributed by atoms with Crippen molar-refractivity contribution in [1.29, 1.82) is 0 Å². The van der Waals surface area contributed by atoms with Gasteiger partial charge >= 0.3 is 0 Å². The topological polar surface area (TPSA) is 49.3 Å². The first-order valence-corrected chi connectivity index (χ1v) is 6.32. The van der Waals surface area contributed by atoms with E-state index in [4.69, 9.17) is 0 Å². The number of amides is 1.